The zero-order chi connectivity index (χ0) is 10.7. The number of benzene rings is 1. The first-order chi connectivity index (χ1) is 6.49. The summed E-state index contributed by atoms with van der Waals surface area (Å²) in [5.41, 5.74) is 18.2. The van der Waals surface area contributed by atoms with E-state index in [2.05, 4.69) is 0 Å². The van der Waals surface area contributed by atoms with Gasteiger partial charge in [0.1, 0.15) is 6.04 Å². The van der Waals surface area contributed by atoms with E-state index in [-0.39, 0.29) is 6.42 Å². The Morgan fingerprint density at radius 1 is 1.29 bits per heavy atom. The molecule has 0 amide bonds. The second kappa shape index (κ2) is 3.97. The fourth-order valence-electron chi connectivity index (χ4n) is 1.20. The van der Waals surface area contributed by atoms with Crippen LogP contribution in [0.1, 0.15) is 5.56 Å². The second-order valence-corrected chi connectivity index (χ2v) is 3.16. The van der Waals surface area contributed by atoms with Crippen molar-refractivity contribution in [3.63, 3.8) is 0 Å². The van der Waals surface area contributed by atoms with E-state index in [0.717, 1.165) is 5.56 Å². The van der Waals surface area contributed by atoms with Gasteiger partial charge in [0.05, 0.1) is 0 Å². The molecule has 0 aromatic heterocycles. The molecule has 1 aromatic carbocycles. The zero-order valence-corrected chi connectivity index (χ0v) is 7.60. The number of nitrogens with two attached hydrogens (primary N) is 3. The minimum absolute atomic E-state index is 0.227. The zero-order valence-electron chi connectivity index (χ0n) is 7.60. The molecular weight excluding hydrogens is 182 g/mol. The monoisotopic (exact) mass is 195 g/mol. The van der Waals surface area contributed by atoms with Gasteiger partial charge in [0.25, 0.3) is 0 Å². The number of carboxylic acid groups (broad SMARTS) is 1. The quantitative estimate of drug-likeness (QED) is 0.499. The molecule has 0 aliphatic rings. The molecule has 5 heteroatoms. The summed E-state index contributed by atoms with van der Waals surface area (Å²) in [6.07, 6.45) is 0.227. The van der Waals surface area contributed by atoms with E-state index in [1.165, 1.54) is 0 Å². The number of carboxylic acids is 1. The lowest BCUT2D eigenvalue weighted by Crippen LogP contribution is -2.32. The molecule has 76 valence electrons. The predicted octanol–water partition coefficient (Wildman–Crippen LogP) is -0.195. The summed E-state index contributed by atoms with van der Waals surface area (Å²) in [6.45, 7) is 0. The summed E-state index contributed by atoms with van der Waals surface area (Å²) >= 11 is 0. The van der Waals surface area contributed by atoms with Gasteiger partial charge in [0, 0.05) is 11.4 Å². The number of rotatable bonds is 3. The molecule has 0 bridgehead atoms. The minimum Gasteiger partial charge on any atom is -0.480 e. The molecule has 0 aliphatic heterocycles. The molecule has 1 rings (SSSR count). The average molecular weight is 195 g/mol. The van der Waals surface area contributed by atoms with Crippen LogP contribution in [-0.4, -0.2) is 17.1 Å². The third-order valence-corrected chi connectivity index (χ3v) is 1.81. The van der Waals surface area contributed by atoms with Gasteiger partial charge in [-0.1, -0.05) is 0 Å². The third kappa shape index (κ3) is 2.63. The topological polar surface area (TPSA) is 115 Å². The van der Waals surface area contributed by atoms with Crippen molar-refractivity contribution in [3.8, 4) is 0 Å². The fraction of sp³-hybridized carbons (Fsp3) is 0.222. The maximum Gasteiger partial charge on any atom is 0.320 e. The molecule has 5 nitrogen and oxygen atoms in total. The molecule has 0 spiro atoms. The highest BCUT2D eigenvalue weighted by Crippen LogP contribution is 2.14. The molecule has 0 heterocycles. The Hall–Kier alpha value is -1.75. The van der Waals surface area contributed by atoms with Crippen molar-refractivity contribution < 1.29 is 9.90 Å². The Labute approximate surface area is 81.5 Å². The van der Waals surface area contributed by atoms with Crippen molar-refractivity contribution in [1.29, 1.82) is 0 Å². The van der Waals surface area contributed by atoms with Crippen molar-refractivity contribution in [2.75, 3.05) is 11.5 Å². The van der Waals surface area contributed by atoms with Crippen LogP contribution in [0.3, 0.4) is 0 Å². The highest BCUT2D eigenvalue weighted by Gasteiger charge is 2.12. The van der Waals surface area contributed by atoms with E-state index in [1.807, 2.05) is 0 Å². The summed E-state index contributed by atoms with van der Waals surface area (Å²) in [5.74, 6) is -1.04. The molecule has 7 N–H and O–H groups in total. The molecule has 0 saturated carbocycles. The number of hydrogen-bond donors (Lipinski definition) is 4. The molecule has 14 heavy (non-hydrogen) atoms. The van der Waals surface area contributed by atoms with Gasteiger partial charge in [-0.15, -0.1) is 0 Å². The van der Waals surface area contributed by atoms with Crippen molar-refractivity contribution >= 4 is 17.3 Å². The van der Waals surface area contributed by atoms with E-state index in [1.54, 1.807) is 18.2 Å². The standard InChI is InChI=1S/C9H13N3O2/c10-6-1-5(2-7(11)4-6)3-8(12)9(13)14/h1-2,4,8H,3,10-12H2,(H,13,14). The molecule has 0 radical (unpaired) electrons. The van der Waals surface area contributed by atoms with Gasteiger partial charge < -0.3 is 22.3 Å². The highest BCUT2D eigenvalue weighted by molar-refractivity contribution is 5.73. The van der Waals surface area contributed by atoms with E-state index in [9.17, 15) is 4.79 Å². The average Bonchev–Trinajstić information content (AvgIpc) is 2.01. The maximum atomic E-state index is 10.5. The smallest absolute Gasteiger partial charge is 0.320 e. The third-order valence-electron chi connectivity index (χ3n) is 1.81. The van der Waals surface area contributed by atoms with Crippen LogP contribution in [-0.2, 0) is 11.2 Å². The molecular formula is C9H13N3O2. The van der Waals surface area contributed by atoms with E-state index in [0.29, 0.717) is 11.4 Å². The second-order valence-electron chi connectivity index (χ2n) is 3.16. The van der Waals surface area contributed by atoms with Gasteiger partial charge in [0.2, 0.25) is 0 Å². The highest BCUT2D eigenvalue weighted by atomic mass is 16.4. The van der Waals surface area contributed by atoms with Crippen molar-refractivity contribution in [2.45, 2.75) is 12.5 Å². The number of anilines is 2. The van der Waals surface area contributed by atoms with Crippen LogP contribution in [0.25, 0.3) is 0 Å². The van der Waals surface area contributed by atoms with E-state index < -0.39 is 12.0 Å². The summed E-state index contributed by atoms with van der Waals surface area (Å²) in [7, 11) is 0. The summed E-state index contributed by atoms with van der Waals surface area (Å²) in [6, 6.07) is 4.02. The first kappa shape index (κ1) is 10.3. The number of aliphatic carboxylic acids is 1. The van der Waals surface area contributed by atoms with E-state index in [4.69, 9.17) is 22.3 Å². The van der Waals surface area contributed by atoms with Crippen LogP contribution in [0.4, 0.5) is 11.4 Å². The number of nitrogen functional groups attached to an aromatic ring is 2. The maximum absolute atomic E-state index is 10.5. The van der Waals surface area contributed by atoms with Gasteiger partial charge >= 0.3 is 5.97 Å². The minimum atomic E-state index is -1.04. The molecule has 1 unspecified atom stereocenters. The Bertz CT molecular complexity index is 332. The van der Waals surface area contributed by atoms with Crippen LogP contribution in [0.15, 0.2) is 18.2 Å². The summed E-state index contributed by atoms with van der Waals surface area (Å²) in [4.78, 5) is 10.5. The van der Waals surface area contributed by atoms with Crippen molar-refractivity contribution in [2.24, 2.45) is 5.73 Å². The lowest BCUT2D eigenvalue weighted by Gasteiger charge is -2.07. The Morgan fingerprint density at radius 3 is 2.21 bits per heavy atom. The van der Waals surface area contributed by atoms with Crippen LogP contribution in [0, 0.1) is 0 Å². The molecule has 0 aliphatic carbocycles. The van der Waals surface area contributed by atoms with Crippen LogP contribution >= 0.6 is 0 Å². The lowest BCUT2D eigenvalue weighted by molar-refractivity contribution is -0.138. The van der Waals surface area contributed by atoms with Gasteiger partial charge in [0.15, 0.2) is 0 Å². The normalized spacial score (nSPS) is 12.4. The van der Waals surface area contributed by atoms with Gasteiger partial charge in [-0.2, -0.15) is 0 Å². The summed E-state index contributed by atoms with van der Waals surface area (Å²) in [5, 5.41) is 8.59. The molecule has 1 aromatic rings. The molecule has 1 atom stereocenters. The van der Waals surface area contributed by atoms with E-state index >= 15 is 0 Å². The largest absolute Gasteiger partial charge is 0.480 e. The van der Waals surface area contributed by atoms with Crippen LogP contribution < -0.4 is 17.2 Å². The van der Waals surface area contributed by atoms with Crippen LogP contribution in [0.2, 0.25) is 0 Å². The SMILES string of the molecule is Nc1cc(N)cc(CC(N)C(=O)O)c1. The number of hydrogen-bond acceptors (Lipinski definition) is 4. The fourth-order valence-corrected chi connectivity index (χ4v) is 1.20. The first-order valence-corrected chi connectivity index (χ1v) is 4.12. The van der Waals surface area contributed by atoms with Crippen LogP contribution in [0.5, 0.6) is 0 Å². The molecule has 0 saturated heterocycles. The van der Waals surface area contributed by atoms with Crippen molar-refractivity contribution in [1.82, 2.24) is 0 Å². The Kier molecular flexibility index (Phi) is 2.93. The van der Waals surface area contributed by atoms with Crippen molar-refractivity contribution in [3.05, 3.63) is 23.8 Å². The van der Waals surface area contributed by atoms with Gasteiger partial charge in [-0.25, -0.2) is 0 Å². The summed E-state index contributed by atoms with van der Waals surface area (Å²) < 4.78 is 0. The Morgan fingerprint density at radius 2 is 1.79 bits per heavy atom. The lowest BCUT2D eigenvalue weighted by atomic mass is 10.1. The predicted molar refractivity (Wildman–Crippen MR) is 54.6 cm³/mol. The van der Waals surface area contributed by atoms with Gasteiger partial charge in [-0.3, -0.25) is 4.79 Å². The first-order valence-electron chi connectivity index (χ1n) is 4.12. The number of carbonyl (C=O) groups is 1. The molecule has 0 fully saturated rings. The Balaban J connectivity index is 2.81. The van der Waals surface area contributed by atoms with Gasteiger partial charge in [-0.05, 0) is 30.2 Å².